The van der Waals surface area contributed by atoms with Crippen LogP contribution in [0.5, 0.6) is 0 Å². The van der Waals surface area contributed by atoms with Crippen LogP contribution in [0.25, 0.3) is 0 Å². The Morgan fingerprint density at radius 3 is 1.64 bits per heavy atom. The lowest BCUT2D eigenvalue weighted by Crippen LogP contribution is -2.61. The molecule has 1 aromatic carbocycles. The average molecular weight is 1440 g/mol. The van der Waals surface area contributed by atoms with Crippen molar-refractivity contribution in [2.24, 2.45) is 45.5 Å². The Kier molecular flexibility index (Phi) is 31.2. The van der Waals surface area contributed by atoms with Crippen LogP contribution in [0.2, 0.25) is 0 Å². The third-order valence-electron chi connectivity index (χ3n) is 17.3. The van der Waals surface area contributed by atoms with Crippen LogP contribution in [0, 0.1) is 11.8 Å². The van der Waals surface area contributed by atoms with Gasteiger partial charge in [0, 0.05) is 67.1 Å². The van der Waals surface area contributed by atoms with Crippen molar-refractivity contribution in [1.82, 2.24) is 62.6 Å². The van der Waals surface area contributed by atoms with Crippen molar-refractivity contribution in [3.05, 3.63) is 34.9 Å². The number of thioether (sulfide) groups is 3. The van der Waals surface area contributed by atoms with E-state index in [2.05, 4.69) is 52.8 Å². The van der Waals surface area contributed by atoms with Crippen LogP contribution < -0.4 is 76.5 Å². The van der Waals surface area contributed by atoms with E-state index >= 15 is 4.79 Å². The van der Waals surface area contributed by atoms with Gasteiger partial charge in [-0.15, -0.1) is 0 Å². The Bertz CT molecular complexity index is 3160. The van der Waals surface area contributed by atoms with Crippen molar-refractivity contribution in [2.75, 3.05) is 56.6 Å². The van der Waals surface area contributed by atoms with Gasteiger partial charge < -0.3 is 96.3 Å². The molecule has 3 saturated heterocycles. The summed E-state index contributed by atoms with van der Waals surface area (Å²) in [6.07, 6.45) is 1.02. The van der Waals surface area contributed by atoms with Crippen molar-refractivity contribution in [3.8, 4) is 0 Å². The van der Waals surface area contributed by atoms with E-state index in [1.54, 1.807) is 13.8 Å². The second kappa shape index (κ2) is 38.6. The molecule has 5 heterocycles. The van der Waals surface area contributed by atoms with Crippen molar-refractivity contribution < 1.29 is 72.2 Å². The highest BCUT2D eigenvalue weighted by Crippen LogP contribution is 2.29. The molecule has 5 aliphatic heterocycles. The number of amides is 14. The largest absolute Gasteiger partial charge is 0.394 e. The number of fused-ring (bicyclic) bond motifs is 8. The van der Waals surface area contributed by atoms with Crippen molar-refractivity contribution in [3.63, 3.8) is 0 Å². The molecule has 5 aliphatic rings. The minimum atomic E-state index is -1.69. The first kappa shape index (κ1) is 80.0. The summed E-state index contributed by atoms with van der Waals surface area (Å²) in [6.45, 7) is 7.00. The molecule has 4 bridgehead atoms. The normalized spacial score (nSPS) is 26.8. The number of hydrogen-bond acceptors (Lipinski definition) is 20. The van der Waals surface area contributed by atoms with Gasteiger partial charge in [-0.25, -0.2) is 0 Å². The van der Waals surface area contributed by atoms with E-state index in [1.807, 2.05) is 32.0 Å². The van der Waals surface area contributed by atoms with Crippen molar-refractivity contribution >= 4 is 124 Å². The predicted octanol–water partition coefficient (Wildman–Crippen LogP) is -4.77. The van der Waals surface area contributed by atoms with Crippen molar-refractivity contribution in [1.29, 1.82) is 0 Å². The molecule has 0 radical (unpaired) electrons. The summed E-state index contributed by atoms with van der Waals surface area (Å²) in [7, 11) is 0. The lowest BCUT2D eigenvalue weighted by atomic mass is 10.0. The van der Waals surface area contributed by atoms with Crippen LogP contribution in [-0.4, -0.2) is 238 Å². The Labute approximate surface area is 587 Å². The van der Waals surface area contributed by atoms with E-state index in [-0.39, 0.29) is 124 Å². The van der Waals surface area contributed by atoms with Crippen LogP contribution in [0.1, 0.15) is 122 Å². The molecule has 20 N–H and O–H groups in total. The molecule has 12 atom stereocenters. The number of carbonyl (C=O) groups is 14. The van der Waals surface area contributed by atoms with Gasteiger partial charge in [-0.1, -0.05) is 45.9 Å². The summed E-state index contributed by atoms with van der Waals surface area (Å²) >= 11 is 3.66. The highest BCUT2D eigenvalue weighted by molar-refractivity contribution is 7.99. The summed E-state index contributed by atoms with van der Waals surface area (Å²) in [5, 5.41) is 34.5. The van der Waals surface area contributed by atoms with Gasteiger partial charge in [-0.3, -0.25) is 72.1 Å². The zero-order valence-electron chi connectivity index (χ0n) is 56.6. The standard InChI is InChI=1S/C63H98N18O15S3/c1-32(2)20-40-60(94)81-19-9-13-47(81)62(96)80-18-8-12-46(80)58(92)76-43-30-98-27-36-21-35(22-37(23-36)28-99-31-44(77-51(85)34(5)64)61(95)79-17-7-11-45(79)57(91)72-39(53(87)73-40)14-15-48(65)83)26-97-29-42(52(86)70-24-49(66)84)75-55(89)41(25-82)74-59(93)50(33(3)4)78-54(88)38(71-56(43)90)10-6-16-69-63(67)68/h21-23,32-34,38-47,50,82H,6-20,24-31,64H2,1-5H3,(H2,65,83)(H2,66,84)(H,70,86)(H,71,90)(H,72,91)(H,73,87)(H,74,93)(H,75,89)(H,76,92)(H,77,85)(H,78,88)(H4,67,68,69)/t34-,38-,39-,40-,41-,42+,43-,44-,45-,46-,47-,50-/m0/s1. The third kappa shape index (κ3) is 23.9. The molecule has 0 unspecified atom stereocenters. The molecule has 0 spiro atoms. The van der Waals surface area contributed by atoms with Crippen LogP contribution in [0.4, 0.5) is 0 Å². The summed E-state index contributed by atoms with van der Waals surface area (Å²) in [5.74, 6) is -11.8. The maximum atomic E-state index is 15.0. The molecular weight excluding hydrogens is 1350 g/mol. The Balaban J connectivity index is 1.48. The number of aliphatic hydroxyl groups is 1. The number of hydrogen-bond donors (Lipinski definition) is 15. The summed E-state index contributed by atoms with van der Waals surface area (Å²) in [5.41, 5.74) is 30.2. The topological polar surface area (TPSA) is 520 Å². The SMILES string of the molecule is CC(C)C[C@@H]1NC(=O)[C@H](CCC(N)=O)NC(=O)[C@@H]2CCCN2C(=O)[C@@H](NC(=O)[C@H](C)N)CSCc2cc3cc(c2)CSC[C@H](C(=O)NCC(N)=O)NC(=O)[C@H](CO)NC(=O)[C@H](C(C)C)NC(=O)[C@H](CCCN=C(N)N)NC(=O)[C@H](CSC3)NC(=O)[C@@H]2CCCN2C(=O)[C@@H]2CCCN2C1=O. The zero-order valence-corrected chi connectivity index (χ0v) is 59.1. The van der Waals surface area contributed by atoms with E-state index < -0.39 is 174 Å². The number of nitrogens with one attached hydrogen (secondary N) is 9. The molecule has 99 heavy (non-hydrogen) atoms. The lowest BCUT2D eigenvalue weighted by Gasteiger charge is -2.34. The van der Waals surface area contributed by atoms with Gasteiger partial charge in [0.05, 0.1) is 19.2 Å². The number of aliphatic hydroxyl groups excluding tert-OH is 1. The molecule has 6 rings (SSSR count). The first-order valence-corrected chi connectivity index (χ1v) is 36.9. The van der Waals surface area contributed by atoms with Crippen LogP contribution in [0.15, 0.2) is 23.2 Å². The smallest absolute Gasteiger partial charge is 0.246 e. The van der Waals surface area contributed by atoms with Crippen LogP contribution in [-0.2, 0) is 84.4 Å². The summed E-state index contributed by atoms with van der Waals surface area (Å²) in [6, 6.07) is -10.2. The van der Waals surface area contributed by atoms with Gasteiger partial charge in [-0.2, -0.15) is 35.3 Å². The molecule has 14 amide bonds. The number of nitrogens with two attached hydrogens (primary N) is 5. The fourth-order valence-electron chi connectivity index (χ4n) is 12.2. The maximum absolute atomic E-state index is 15.0. The average Bonchev–Trinajstić information content (AvgIpc) is 1.71. The molecule has 548 valence electrons. The minimum Gasteiger partial charge on any atom is -0.394 e. The van der Waals surface area contributed by atoms with Gasteiger partial charge in [-0.05, 0) is 99.7 Å². The van der Waals surface area contributed by atoms with Crippen LogP contribution >= 0.6 is 35.3 Å². The van der Waals surface area contributed by atoms with Gasteiger partial charge in [0.1, 0.15) is 66.5 Å². The Hall–Kier alpha value is -7.96. The minimum absolute atomic E-state index is 0.00194. The predicted molar refractivity (Wildman–Crippen MR) is 370 cm³/mol. The second-order valence-electron chi connectivity index (χ2n) is 26.2. The fourth-order valence-corrected chi connectivity index (χ4v) is 15.2. The summed E-state index contributed by atoms with van der Waals surface area (Å²) < 4.78 is 0. The molecule has 3 fully saturated rings. The van der Waals surface area contributed by atoms with E-state index in [1.165, 1.54) is 56.9 Å². The molecule has 33 nitrogen and oxygen atoms in total. The Morgan fingerprint density at radius 1 is 0.576 bits per heavy atom. The second-order valence-corrected chi connectivity index (χ2v) is 29.3. The Morgan fingerprint density at radius 2 is 1.08 bits per heavy atom. The van der Waals surface area contributed by atoms with Gasteiger partial charge in [0.15, 0.2) is 5.96 Å². The zero-order chi connectivity index (χ0) is 72.8. The first-order chi connectivity index (χ1) is 47.0. The number of aliphatic imine (C=N–C) groups is 1. The van der Waals surface area contributed by atoms with E-state index in [4.69, 9.17) is 28.7 Å². The van der Waals surface area contributed by atoms with Gasteiger partial charge in [0.2, 0.25) is 82.7 Å². The molecule has 36 heteroatoms. The first-order valence-electron chi connectivity index (χ1n) is 33.4. The number of primary amides is 2. The number of benzene rings is 1. The number of carbonyl (C=O) groups excluding carboxylic acids is 14. The number of nitrogens with zero attached hydrogens (tertiary/aromatic N) is 4. The summed E-state index contributed by atoms with van der Waals surface area (Å²) in [4.78, 5) is 206. The maximum Gasteiger partial charge on any atom is 0.246 e. The lowest BCUT2D eigenvalue weighted by molar-refractivity contribution is -0.148. The fraction of sp³-hybridized carbons (Fsp3) is 0.667. The molecule has 1 aromatic rings. The van der Waals surface area contributed by atoms with Crippen LogP contribution in [0.3, 0.4) is 0 Å². The molecule has 0 saturated carbocycles. The molecule has 0 aromatic heterocycles. The van der Waals surface area contributed by atoms with Crippen molar-refractivity contribution in [2.45, 2.75) is 195 Å². The molecular formula is C63H98N18O15S3. The highest BCUT2D eigenvalue weighted by atomic mass is 32.2. The number of rotatable bonds is 16. The highest BCUT2D eigenvalue weighted by Gasteiger charge is 2.46. The van der Waals surface area contributed by atoms with Gasteiger partial charge >= 0.3 is 0 Å². The third-order valence-corrected chi connectivity index (χ3v) is 20.6. The van der Waals surface area contributed by atoms with Gasteiger partial charge in [0.25, 0.3) is 0 Å². The monoisotopic (exact) mass is 1440 g/mol. The molecule has 0 aliphatic carbocycles. The van der Waals surface area contributed by atoms with E-state index in [0.717, 1.165) is 0 Å². The number of guanidine groups is 1. The quantitative estimate of drug-likeness (QED) is 0.0420. The van der Waals surface area contributed by atoms with E-state index in [0.29, 0.717) is 36.0 Å². The van der Waals surface area contributed by atoms with E-state index in [9.17, 15) is 67.4 Å².